The number of fused-ring (bicyclic) bond motifs is 1. The van der Waals surface area contributed by atoms with Gasteiger partial charge in [-0.3, -0.25) is 4.79 Å². The fourth-order valence-electron chi connectivity index (χ4n) is 4.20. The van der Waals surface area contributed by atoms with Crippen molar-refractivity contribution in [2.24, 2.45) is 0 Å². The highest BCUT2D eigenvalue weighted by molar-refractivity contribution is 6.14. The number of ketones is 1. The lowest BCUT2D eigenvalue weighted by atomic mass is 10.0. The fraction of sp³-hybridized carbons (Fsp3) is 0.200. The monoisotopic (exact) mass is 464 g/mol. The number of rotatable bonds is 5. The Morgan fingerprint density at radius 1 is 0.943 bits per heavy atom. The van der Waals surface area contributed by atoms with Gasteiger partial charge in [-0.1, -0.05) is 18.2 Å². The zero-order valence-corrected chi connectivity index (χ0v) is 20.6. The molecule has 0 N–H and O–H groups in total. The van der Waals surface area contributed by atoms with Crippen LogP contribution in [0.5, 0.6) is 11.5 Å². The standard InChI is InChI=1S/C30H28N2O3/c1-18(2)34-26-12-11-22(13-21(26)5)29-23(17-32(31-29)24-9-7-6-8-10-24)16-28-30(33)25-14-19(3)20(4)15-27(25)35-28/h6-18H,1-5H3/b28-16-. The highest BCUT2D eigenvalue weighted by Crippen LogP contribution is 2.36. The van der Waals surface area contributed by atoms with Gasteiger partial charge in [0.2, 0.25) is 5.78 Å². The third kappa shape index (κ3) is 4.37. The summed E-state index contributed by atoms with van der Waals surface area (Å²) >= 11 is 0. The number of allylic oxidation sites excluding steroid dienone is 1. The maximum Gasteiger partial charge on any atom is 0.231 e. The first-order valence-electron chi connectivity index (χ1n) is 11.8. The summed E-state index contributed by atoms with van der Waals surface area (Å²) in [6.45, 7) is 10.1. The van der Waals surface area contributed by atoms with Crippen LogP contribution in [-0.4, -0.2) is 21.7 Å². The van der Waals surface area contributed by atoms with Crippen LogP contribution < -0.4 is 9.47 Å². The molecule has 5 rings (SSSR count). The molecule has 0 bridgehead atoms. The van der Waals surface area contributed by atoms with Gasteiger partial charge in [-0.15, -0.1) is 0 Å². The Balaban J connectivity index is 1.60. The average Bonchev–Trinajstić information content (AvgIpc) is 3.38. The number of aromatic nitrogens is 2. The van der Waals surface area contributed by atoms with E-state index in [1.807, 2.05) is 100 Å². The first-order chi connectivity index (χ1) is 16.8. The molecule has 0 aliphatic carbocycles. The van der Waals surface area contributed by atoms with Gasteiger partial charge in [-0.25, -0.2) is 4.68 Å². The van der Waals surface area contributed by atoms with Gasteiger partial charge in [0.05, 0.1) is 17.4 Å². The molecule has 0 atom stereocenters. The molecule has 0 spiro atoms. The molecule has 0 saturated heterocycles. The number of hydrogen-bond acceptors (Lipinski definition) is 4. The molecule has 35 heavy (non-hydrogen) atoms. The molecule has 0 radical (unpaired) electrons. The Labute approximate surface area is 205 Å². The Kier molecular flexibility index (Phi) is 5.77. The highest BCUT2D eigenvalue weighted by Gasteiger charge is 2.28. The normalized spacial score (nSPS) is 13.9. The Hall–Kier alpha value is -4.12. The summed E-state index contributed by atoms with van der Waals surface area (Å²) < 4.78 is 13.8. The van der Waals surface area contributed by atoms with Crippen LogP contribution in [0.15, 0.2) is 72.6 Å². The third-order valence-corrected chi connectivity index (χ3v) is 6.15. The van der Waals surface area contributed by atoms with E-state index in [-0.39, 0.29) is 11.9 Å². The van der Waals surface area contributed by atoms with Gasteiger partial charge < -0.3 is 9.47 Å². The lowest BCUT2D eigenvalue weighted by Gasteiger charge is -2.13. The van der Waals surface area contributed by atoms with E-state index in [4.69, 9.17) is 14.6 Å². The van der Waals surface area contributed by atoms with Crippen LogP contribution >= 0.6 is 0 Å². The summed E-state index contributed by atoms with van der Waals surface area (Å²) in [5.41, 5.74) is 7.22. The van der Waals surface area contributed by atoms with Crippen molar-refractivity contribution in [3.8, 4) is 28.4 Å². The SMILES string of the molecule is Cc1cc2c(cc1C)C(=O)/C(=C/c1cn(-c3ccccc3)nc1-c1ccc(OC(C)C)c(C)c1)O2. The smallest absolute Gasteiger partial charge is 0.231 e. The second-order valence-electron chi connectivity index (χ2n) is 9.23. The predicted molar refractivity (Wildman–Crippen MR) is 138 cm³/mol. The van der Waals surface area contributed by atoms with Crippen LogP contribution in [0.2, 0.25) is 0 Å². The van der Waals surface area contributed by atoms with E-state index < -0.39 is 0 Å². The Morgan fingerprint density at radius 3 is 2.40 bits per heavy atom. The molecule has 1 aliphatic heterocycles. The lowest BCUT2D eigenvalue weighted by molar-refractivity contribution is 0.101. The fourth-order valence-corrected chi connectivity index (χ4v) is 4.20. The zero-order chi connectivity index (χ0) is 24.7. The largest absolute Gasteiger partial charge is 0.491 e. The second-order valence-corrected chi connectivity index (χ2v) is 9.23. The van der Waals surface area contributed by atoms with E-state index >= 15 is 0 Å². The van der Waals surface area contributed by atoms with E-state index in [2.05, 4.69) is 6.07 Å². The van der Waals surface area contributed by atoms with Gasteiger partial charge in [-0.2, -0.15) is 5.10 Å². The number of benzene rings is 3. The molecule has 0 unspecified atom stereocenters. The minimum atomic E-state index is -0.113. The summed E-state index contributed by atoms with van der Waals surface area (Å²) in [7, 11) is 0. The Morgan fingerprint density at radius 2 is 1.69 bits per heavy atom. The van der Waals surface area contributed by atoms with Crippen LogP contribution in [0.4, 0.5) is 0 Å². The summed E-state index contributed by atoms with van der Waals surface area (Å²) in [4.78, 5) is 13.2. The van der Waals surface area contributed by atoms with Crippen LogP contribution in [0.25, 0.3) is 23.0 Å². The predicted octanol–water partition coefficient (Wildman–Crippen LogP) is 6.87. The molecule has 0 amide bonds. The number of hydrogen-bond donors (Lipinski definition) is 0. The maximum atomic E-state index is 13.2. The van der Waals surface area contributed by atoms with Gasteiger partial charge >= 0.3 is 0 Å². The summed E-state index contributed by atoms with van der Waals surface area (Å²) in [5.74, 6) is 1.64. The second kappa shape index (κ2) is 8.91. The third-order valence-electron chi connectivity index (χ3n) is 6.15. The van der Waals surface area contributed by atoms with Crippen LogP contribution in [0.3, 0.4) is 0 Å². The average molecular weight is 465 g/mol. The first-order valence-corrected chi connectivity index (χ1v) is 11.8. The van der Waals surface area contributed by atoms with Gasteiger partial charge in [0.25, 0.3) is 0 Å². The molecule has 0 saturated carbocycles. The van der Waals surface area contributed by atoms with Gasteiger partial charge in [0.1, 0.15) is 17.2 Å². The number of aryl methyl sites for hydroxylation is 3. The topological polar surface area (TPSA) is 53.4 Å². The number of para-hydroxylation sites is 1. The molecule has 5 heteroatoms. The maximum absolute atomic E-state index is 13.2. The number of carbonyl (C=O) groups is 1. The molecule has 4 aromatic rings. The van der Waals surface area contributed by atoms with E-state index in [1.54, 1.807) is 6.08 Å². The number of Topliss-reactive ketones (excluding diaryl/α,β-unsaturated/α-hetero) is 1. The minimum absolute atomic E-state index is 0.0940. The molecule has 1 aliphatic rings. The quantitative estimate of drug-likeness (QED) is 0.303. The van der Waals surface area contributed by atoms with E-state index in [9.17, 15) is 4.79 Å². The van der Waals surface area contributed by atoms with Crippen molar-refractivity contribution in [2.45, 2.75) is 40.7 Å². The number of nitrogens with zero attached hydrogens (tertiary/aromatic N) is 2. The van der Waals surface area contributed by atoms with Crippen molar-refractivity contribution in [1.82, 2.24) is 9.78 Å². The molecular weight excluding hydrogens is 436 g/mol. The van der Waals surface area contributed by atoms with Crippen molar-refractivity contribution in [2.75, 3.05) is 0 Å². The summed E-state index contributed by atoms with van der Waals surface area (Å²) in [6, 6.07) is 19.8. The van der Waals surface area contributed by atoms with Crippen molar-refractivity contribution < 1.29 is 14.3 Å². The van der Waals surface area contributed by atoms with E-state index in [0.717, 1.165) is 44.9 Å². The van der Waals surface area contributed by atoms with Crippen molar-refractivity contribution >= 4 is 11.9 Å². The summed E-state index contributed by atoms with van der Waals surface area (Å²) in [6.07, 6.45) is 3.82. The van der Waals surface area contributed by atoms with Crippen molar-refractivity contribution in [3.05, 3.63) is 100 Å². The van der Waals surface area contributed by atoms with Gasteiger partial charge in [0.15, 0.2) is 5.76 Å². The van der Waals surface area contributed by atoms with Crippen molar-refractivity contribution in [3.63, 3.8) is 0 Å². The molecule has 2 heterocycles. The molecule has 1 aromatic heterocycles. The Bertz CT molecular complexity index is 1460. The lowest BCUT2D eigenvalue weighted by Crippen LogP contribution is -2.06. The minimum Gasteiger partial charge on any atom is -0.491 e. The highest BCUT2D eigenvalue weighted by atomic mass is 16.5. The van der Waals surface area contributed by atoms with Crippen LogP contribution in [0.1, 0.15) is 46.5 Å². The van der Waals surface area contributed by atoms with Gasteiger partial charge in [-0.05, 0) is 99.8 Å². The number of ether oxygens (including phenoxy) is 2. The van der Waals surface area contributed by atoms with Crippen LogP contribution in [0, 0.1) is 20.8 Å². The van der Waals surface area contributed by atoms with E-state index in [1.165, 1.54) is 0 Å². The zero-order valence-electron chi connectivity index (χ0n) is 20.6. The van der Waals surface area contributed by atoms with E-state index in [0.29, 0.717) is 17.1 Å². The molecule has 5 nitrogen and oxygen atoms in total. The summed E-state index contributed by atoms with van der Waals surface area (Å²) in [5, 5.41) is 4.89. The number of carbonyl (C=O) groups excluding carboxylic acids is 1. The molecule has 176 valence electrons. The van der Waals surface area contributed by atoms with Crippen molar-refractivity contribution in [1.29, 1.82) is 0 Å². The van der Waals surface area contributed by atoms with Gasteiger partial charge in [0, 0.05) is 17.3 Å². The molecule has 0 fully saturated rings. The van der Waals surface area contributed by atoms with Crippen LogP contribution in [-0.2, 0) is 0 Å². The first kappa shape index (κ1) is 22.7. The molecule has 3 aromatic carbocycles. The molecular formula is C30H28N2O3.